The van der Waals surface area contributed by atoms with Gasteiger partial charge in [-0.25, -0.2) is 8.78 Å². The van der Waals surface area contributed by atoms with Crippen molar-refractivity contribution in [1.29, 1.82) is 0 Å². The van der Waals surface area contributed by atoms with Crippen LogP contribution in [0.5, 0.6) is 0 Å². The summed E-state index contributed by atoms with van der Waals surface area (Å²) in [5, 5.41) is 25.9. The minimum absolute atomic E-state index is 0.0308. The van der Waals surface area contributed by atoms with Crippen molar-refractivity contribution in [2.24, 2.45) is 0 Å². The zero-order chi connectivity index (χ0) is 21.4. The van der Waals surface area contributed by atoms with Crippen molar-refractivity contribution in [1.82, 2.24) is 10.6 Å². The molecule has 0 aliphatic carbocycles. The second kappa shape index (κ2) is 11.5. The summed E-state index contributed by atoms with van der Waals surface area (Å²) in [5.41, 5.74) is 1.31. The highest BCUT2D eigenvalue weighted by molar-refractivity contribution is 14.1. The van der Waals surface area contributed by atoms with E-state index in [1.165, 1.54) is 19.1 Å². The van der Waals surface area contributed by atoms with Crippen LogP contribution in [-0.2, 0) is 11.2 Å². The van der Waals surface area contributed by atoms with Crippen LogP contribution < -0.4 is 10.6 Å². The lowest BCUT2D eigenvalue weighted by Crippen LogP contribution is -2.48. The number of hydrogen-bond acceptors (Lipinski definition) is 4. The van der Waals surface area contributed by atoms with Crippen LogP contribution in [0.4, 0.5) is 8.78 Å². The standard InChI is InChI=1S/C21H25F2IN2O3/c1-13(28)26-20(9-14-7-16(22)11-17(23)8-14)21(29)12-25-19(5-6-27)15-3-2-4-18(24)10-15/h2-4,7-8,10-11,19-21,25,27,29H,5-6,9,12H2,1H3,(H,26,28)/t19?,20-,21-/m0/s1. The number of halogens is 3. The summed E-state index contributed by atoms with van der Waals surface area (Å²) in [4.78, 5) is 11.6. The molecule has 2 aromatic carbocycles. The van der Waals surface area contributed by atoms with Crippen molar-refractivity contribution < 1.29 is 23.8 Å². The third-order valence-electron chi connectivity index (χ3n) is 4.47. The van der Waals surface area contributed by atoms with Gasteiger partial charge < -0.3 is 20.8 Å². The predicted octanol–water partition coefficient (Wildman–Crippen LogP) is 2.69. The molecule has 29 heavy (non-hydrogen) atoms. The Balaban J connectivity index is 2.09. The van der Waals surface area contributed by atoms with E-state index in [0.717, 1.165) is 15.2 Å². The van der Waals surface area contributed by atoms with Crippen molar-refractivity contribution in [3.8, 4) is 0 Å². The van der Waals surface area contributed by atoms with E-state index in [0.29, 0.717) is 12.0 Å². The van der Waals surface area contributed by atoms with Crippen LogP contribution >= 0.6 is 22.6 Å². The van der Waals surface area contributed by atoms with Gasteiger partial charge in [0.15, 0.2) is 0 Å². The molecule has 3 atom stereocenters. The molecule has 0 spiro atoms. The summed E-state index contributed by atoms with van der Waals surface area (Å²) < 4.78 is 28.0. The molecule has 0 radical (unpaired) electrons. The Bertz CT molecular complexity index is 802. The number of carbonyl (C=O) groups excluding carboxylic acids is 1. The van der Waals surface area contributed by atoms with E-state index in [2.05, 4.69) is 33.2 Å². The SMILES string of the molecule is CC(=O)N[C@@H](Cc1cc(F)cc(F)c1)[C@@H](O)CNC(CCO)c1cccc(I)c1. The van der Waals surface area contributed by atoms with E-state index in [4.69, 9.17) is 0 Å². The fraction of sp³-hybridized carbons (Fsp3) is 0.381. The Morgan fingerprint density at radius 2 is 1.86 bits per heavy atom. The number of aliphatic hydroxyl groups is 2. The summed E-state index contributed by atoms with van der Waals surface area (Å²) in [6, 6.07) is 10.0. The van der Waals surface area contributed by atoms with Gasteiger partial charge in [-0.05, 0) is 70.8 Å². The molecule has 8 heteroatoms. The van der Waals surface area contributed by atoms with Gasteiger partial charge in [-0.3, -0.25) is 4.79 Å². The minimum Gasteiger partial charge on any atom is -0.396 e. The van der Waals surface area contributed by atoms with E-state index in [-0.39, 0.29) is 31.5 Å². The zero-order valence-corrected chi connectivity index (χ0v) is 18.2. The molecular formula is C21H25F2IN2O3. The lowest BCUT2D eigenvalue weighted by Gasteiger charge is -2.27. The maximum atomic E-state index is 13.5. The molecule has 0 saturated carbocycles. The molecule has 0 aliphatic rings. The zero-order valence-electron chi connectivity index (χ0n) is 16.0. The van der Waals surface area contributed by atoms with Gasteiger partial charge in [-0.2, -0.15) is 0 Å². The third-order valence-corrected chi connectivity index (χ3v) is 5.14. The van der Waals surface area contributed by atoms with Crippen LogP contribution in [0, 0.1) is 15.2 Å². The maximum absolute atomic E-state index is 13.5. The Morgan fingerprint density at radius 1 is 1.17 bits per heavy atom. The number of rotatable bonds is 10. The lowest BCUT2D eigenvalue weighted by molar-refractivity contribution is -0.120. The van der Waals surface area contributed by atoms with Crippen LogP contribution in [0.3, 0.4) is 0 Å². The second-order valence-electron chi connectivity index (χ2n) is 6.88. The van der Waals surface area contributed by atoms with E-state index in [1.54, 1.807) is 0 Å². The molecule has 0 heterocycles. The summed E-state index contributed by atoms with van der Waals surface area (Å²) in [6.45, 7) is 1.41. The van der Waals surface area contributed by atoms with Gasteiger partial charge in [0.1, 0.15) is 11.6 Å². The highest BCUT2D eigenvalue weighted by Crippen LogP contribution is 2.19. The van der Waals surface area contributed by atoms with Crippen LogP contribution in [0.2, 0.25) is 0 Å². The minimum atomic E-state index is -1.01. The molecule has 0 saturated heterocycles. The fourth-order valence-electron chi connectivity index (χ4n) is 3.17. The first kappa shape index (κ1) is 23.7. The third kappa shape index (κ3) is 7.96. The van der Waals surface area contributed by atoms with Crippen LogP contribution in [0.25, 0.3) is 0 Å². The topological polar surface area (TPSA) is 81.6 Å². The highest BCUT2D eigenvalue weighted by Gasteiger charge is 2.23. The highest BCUT2D eigenvalue weighted by atomic mass is 127. The van der Waals surface area contributed by atoms with Gasteiger partial charge in [0.05, 0.1) is 12.1 Å². The molecule has 0 aromatic heterocycles. The monoisotopic (exact) mass is 518 g/mol. The van der Waals surface area contributed by atoms with Gasteiger partial charge in [-0.15, -0.1) is 0 Å². The Morgan fingerprint density at radius 3 is 2.45 bits per heavy atom. The predicted molar refractivity (Wildman–Crippen MR) is 115 cm³/mol. The van der Waals surface area contributed by atoms with Crippen molar-refractivity contribution in [3.63, 3.8) is 0 Å². The van der Waals surface area contributed by atoms with E-state index in [1.807, 2.05) is 24.3 Å². The molecule has 1 amide bonds. The average molecular weight is 518 g/mol. The van der Waals surface area contributed by atoms with Gasteiger partial charge >= 0.3 is 0 Å². The molecule has 0 bridgehead atoms. The molecule has 2 rings (SSSR count). The number of benzene rings is 2. The van der Waals surface area contributed by atoms with Gasteiger partial charge in [0.2, 0.25) is 5.91 Å². The van der Waals surface area contributed by atoms with Crippen LogP contribution in [0.15, 0.2) is 42.5 Å². The first-order valence-electron chi connectivity index (χ1n) is 9.28. The largest absolute Gasteiger partial charge is 0.396 e. The van der Waals surface area contributed by atoms with Crippen molar-refractivity contribution in [3.05, 3.63) is 68.8 Å². The smallest absolute Gasteiger partial charge is 0.217 e. The number of hydrogen-bond donors (Lipinski definition) is 4. The molecule has 4 N–H and O–H groups in total. The number of nitrogens with one attached hydrogen (secondary N) is 2. The maximum Gasteiger partial charge on any atom is 0.217 e. The molecule has 5 nitrogen and oxygen atoms in total. The number of amides is 1. The van der Waals surface area contributed by atoms with Crippen molar-refractivity contribution in [2.75, 3.05) is 13.2 Å². The molecule has 0 fully saturated rings. The van der Waals surface area contributed by atoms with Crippen LogP contribution in [0.1, 0.15) is 30.5 Å². The quantitative estimate of drug-likeness (QED) is 0.365. The number of aliphatic hydroxyl groups excluding tert-OH is 2. The summed E-state index contributed by atoms with van der Waals surface area (Å²) in [5.74, 6) is -1.78. The van der Waals surface area contributed by atoms with Crippen molar-refractivity contribution in [2.45, 2.75) is 38.0 Å². The van der Waals surface area contributed by atoms with Crippen molar-refractivity contribution >= 4 is 28.5 Å². The van der Waals surface area contributed by atoms with E-state index in [9.17, 15) is 23.8 Å². The molecular weight excluding hydrogens is 493 g/mol. The molecule has 2 aromatic rings. The normalized spacial score (nSPS) is 14.3. The fourth-order valence-corrected chi connectivity index (χ4v) is 3.74. The van der Waals surface area contributed by atoms with Gasteiger partial charge in [0, 0.05) is 35.8 Å². The molecule has 158 valence electrons. The summed E-state index contributed by atoms with van der Waals surface area (Å²) in [6.07, 6.45) is -0.480. The van der Waals surface area contributed by atoms with Gasteiger partial charge in [-0.1, -0.05) is 12.1 Å². The summed E-state index contributed by atoms with van der Waals surface area (Å²) in [7, 11) is 0. The van der Waals surface area contributed by atoms with E-state index < -0.39 is 23.8 Å². The Labute approximate surface area is 182 Å². The first-order valence-corrected chi connectivity index (χ1v) is 10.4. The Kier molecular flexibility index (Phi) is 9.41. The van der Waals surface area contributed by atoms with E-state index >= 15 is 0 Å². The molecule has 1 unspecified atom stereocenters. The molecule has 0 aliphatic heterocycles. The van der Waals surface area contributed by atoms with Gasteiger partial charge in [0.25, 0.3) is 0 Å². The summed E-state index contributed by atoms with van der Waals surface area (Å²) >= 11 is 2.20. The lowest BCUT2D eigenvalue weighted by atomic mass is 9.99. The first-order chi connectivity index (χ1) is 13.8. The van der Waals surface area contributed by atoms with Crippen LogP contribution in [-0.4, -0.2) is 41.4 Å². The second-order valence-corrected chi connectivity index (χ2v) is 8.13. The Hall–Kier alpha value is -1.62. The average Bonchev–Trinajstić information content (AvgIpc) is 2.63. The number of carbonyl (C=O) groups is 1.